The third kappa shape index (κ3) is 2.13. The molecule has 0 aromatic heterocycles. The molecule has 2 rings (SSSR count). The number of aromatic hydroxyl groups is 1. The molecule has 2 aromatic rings. The van der Waals surface area contributed by atoms with Crippen LogP contribution in [0, 0.1) is 0 Å². The van der Waals surface area contributed by atoms with Crippen molar-refractivity contribution >= 4 is 5.91 Å². The van der Waals surface area contributed by atoms with E-state index in [2.05, 4.69) is 0 Å². The lowest BCUT2D eigenvalue weighted by atomic mass is 9.99. The van der Waals surface area contributed by atoms with Crippen molar-refractivity contribution in [3.63, 3.8) is 0 Å². The van der Waals surface area contributed by atoms with Crippen LogP contribution in [0.1, 0.15) is 10.4 Å². The molecular weight excluding hydrogens is 230 g/mol. The number of primary amides is 1. The molecule has 0 radical (unpaired) electrons. The molecule has 0 aliphatic rings. The standard InChI is InChI=1S/C14H13NO3/c1-18-13-7-6-9(8-12(13)16)10-4-2-3-5-11(10)14(15)17/h2-8,16H,1H3,(H2,15,17). The molecule has 3 N–H and O–H groups in total. The van der Waals surface area contributed by atoms with Gasteiger partial charge < -0.3 is 15.6 Å². The second-order valence-corrected chi connectivity index (χ2v) is 3.80. The number of phenols is 1. The number of benzene rings is 2. The van der Waals surface area contributed by atoms with Crippen LogP contribution in [0.4, 0.5) is 0 Å². The number of carbonyl (C=O) groups excluding carboxylic acids is 1. The number of ether oxygens (including phenoxy) is 1. The van der Waals surface area contributed by atoms with Crippen molar-refractivity contribution in [1.82, 2.24) is 0 Å². The Labute approximate surface area is 105 Å². The van der Waals surface area contributed by atoms with E-state index in [-0.39, 0.29) is 5.75 Å². The fraction of sp³-hybridized carbons (Fsp3) is 0.0714. The maximum absolute atomic E-state index is 11.3. The van der Waals surface area contributed by atoms with Crippen LogP contribution >= 0.6 is 0 Å². The first-order valence-corrected chi connectivity index (χ1v) is 5.39. The van der Waals surface area contributed by atoms with Gasteiger partial charge in [0.1, 0.15) is 0 Å². The average Bonchev–Trinajstić information content (AvgIpc) is 2.38. The maximum Gasteiger partial charge on any atom is 0.249 e. The summed E-state index contributed by atoms with van der Waals surface area (Å²) in [6.07, 6.45) is 0. The smallest absolute Gasteiger partial charge is 0.249 e. The van der Waals surface area contributed by atoms with E-state index < -0.39 is 5.91 Å². The summed E-state index contributed by atoms with van der Waals surface area (Å²) in [6.45, 7) is 0. The predicted molar refractivity (Wildman–Crippen MR) is 68.6 cm³/mol. The first kappa shape index (κ1) is 12.0. The minimum atomic E-state index is -0.499. The molecule has 18 heavy (non-hydrogen) atoms. The van der Waals surface area contributed by atoms with Crippen LogP contribution in [0.25, 0.3) is 11.1 Å². The quantitative estimate of drug-likeness (QED) is 0.867. The first-order valence-electron chi connectivity index (χ1n) is 5.39. The van der Waals surface area contributed by atoms with E-state index in [0.29, 0.717) is 22.4 Å². The Balaban J connectivity index is 2.55. The van der Waals surface area contributed by atoms with Gasteiger partial charge in [-0.15, -0.1) is 0 Å². The maximum atomic E-state index is 11.3. The van der Waals surface area contributed by atoms with Crippen molar-refractivity contribution in [2.75, 3.05) is 7.11 Å². The Bertz CT molecular complexity index is 593. The highest BCUT2D eigenvalue weighted by molar-refractivity contribution is 5.99. The number of rotatable bonds is 3. The van der Waals surface area contributed by atoms with Gasteiger partial charge in [-0.1, -0.05) is 24.3 Å². The minimum Gasteiger partial charge on any atom is -0.504 e. The van der Waals surface area contributed by atoms with Crippen molar-refractivity contribution in [3.8, 4) is 22.6 Å². The van der Waals surface area contributed by atoms with Crippen LogP contribution in [0.5, 0.6) is 11.5 Å². The lowest BCUT2D eigenvalue weighted by Gasteiger charge is -2.09. The van der Waals surface area contributed by atoms with Crippen LogP contribution in [0.2, 0.25) is 0 Å². The Morgan fingerprint density at radius 2 is 1.94 bits per heavy atom. The molecule has 1 amide bonds. The summed E-state index contributed by atoms with van der Waals surface area (Å²) < 4.78 is 4.97. The van der Waals surface area contributed by atoms with Crippen LogP contribution in [0.3, 0.4) is 0 Å². The van der Waals surface area contributed by atoms with Crippen molar-refractivity contribution in [3.05, 3.63) is 48.0 Å². The third-order valence-corrected chi connectivity index (χ3v) is 2.68. The van der Waals surface area contributed by atoms with Gasteiger partial charge in [0.05, 0.1) is 7.11 Å². The van der Waals surface area contributed by atoms with Gasteiger partial charge in [-0.2, -0.15) is 0 Å². The molecule has 0 fully saturated rings. The zero-order valence-corrected chi connectivity index (χ0v) is 9.88. The van der Waals surface area contributed by atoms with Crippen molar-refractivity contribution < 1.29 is 14.6 Å². The van der Waals surface area contributed by atoms with Crippen molar-refractivity contribution in [2.24, 2.45) is 5.73 Å². The van der Waals surface area contributed by atoms with Crippen LogP contribution in [0.15, 0.2) is 42.5 Å². The van der Waals surface area contributed by atoms with E-state index in [0.717, 1.165) is 0 Å². The Hall–Kier alpha value is -2.49. The van der Waals surface area contributed by atoms with Crippen molar-refractivity contribution in [1.29, 1.82) is 0 Å². The highest BCUT2D eigenvalue weighted by atomic mass is 16.5. The van der Waals surface area contributed by atoms with Crippen LogP contribution < -0.4 is 10.5 Å². The second kappa shape index (κ2) is 4.79. The summed E-state index contributed by atoms with van der Waals surface area (Å²) in [5.74, 6) is -0.0921. The molecule has 0 aliphatic heterocycles. The van der Waals surface area contributed by atoms with Gasteiger partial charge in [-0.05, 0) is 29.3 Å². The topological polar surface area (TPSA) is 72.5 Å². The molecule has 0 spiro atoms. The molecule has 0 bridgehead atoms. The van der Waals surface area contributed by atoms with Gasteiger partial charge >= 0.3 is 0 Å². The van der Waals surface area contributed by atoms with Gasteiger partial charge in [0.15, 0.2) is 11.5 Å². The van der Waals surface area contributed by atoms with E-state index in [4.69, 9.17) is 10.5 Å². The number of methoxy groups -OCH3 is 1. The van der Waals surface area contributed by atoms with E-state index in [1.54, 1.807) is 36.4 Å². The van der Waals surface area contributed by atoms with E-state index in [1.807, 2.05) is 6.07 Å². The SMILES string of the molecule is COc1ccc(-c2ccccc2C(N)=O)cc1O. The summed E-state index contributed by atoms with van der Waals surface area (Å²) in [6, 6.07) is 11.9. The fourth-order valence-corrected chi connectivity index (χ4v) is 1.81. The zero-order valence-electron chi connectivity index (χ0n) is 9.88. The molecule has 0 aliphatic carbocycles. The number of hydrogen-bond donors (Lipinski definition) is 2. The summed E-state index contributed by atoms with van der Waals surface area (Å²) in [5, 5.41) is 9.74. The molecule has 0 saturated heterocycles. The van der Waals surface area contributed by atoms with E-state index in [9.17, 15) is 9.90 Å². The van der Waals surface area contributed by atoms with Gasteiger partial charge in [0.25, 0.3) is 0 Å². The molecule has 4 nitrogen and oxygen atoms in total. The van der Waals surface area contributed by atoms with Gasteiger partial charge in [0, 0.05) is 5.56 Å². The molecule has 0 saturated carbocycles. The lowest BCUT2D eigenvalue weighted by Crippen LogP contribution is -2.12. The van der Waals surface area contributed by atoms with Gasteiger partial charge in [-0.3, -0.25) is 4.79 Å². The van der Waals surface area contributed by atoms with E-state index >= 15 is 0 Å². The first-order chi connectivity index (χ1) is 8.63. The van der Waals surface area contributed by atoms with E-state index in [1.165, 1.54) is 7.11 Å². The highest BCUT2D eigenvalue weighted by Crippen LogP contribution is 2.32. The summed E-state index contributed by atoms with van der Waals surface area (Å²) in [7, 11) is 1.48. The normalized spacial score (nSPS) is 10.1. The summed E-state index contributed by atoms with van der Waals surface area (Å²) in [5.41, 5.74) is 7.13. The monoisotopic (exact) mass is 243 g/mol. The number of nitrogens with two attached hydrogens (primary N) is 1. The molecular formula is C14H13NO3. The van der Waals surface area contributed by atoms with Crippen LogP contribution in [-0.2, 0) is 0 Å². The summed E-state index contributed by atoms with van der Waals surface area (Å²) in [4.78, 5) is 11.3. The third-order valence-electron chi connectivity index (χ3n) is 2.68. The van der Waals surface area contributed by atoms with Gasteiger partial charge in [0.2, 0.25) is 5.91 Å². The Morgan fingerprint density at radius 1 is 1.22 bits per heavy atom. The average molecular weight is 243 g/mol. The van der Waals surface area contributed by atoms with Crippen molar-refractivity contribution in [2.45, 2.75) is 0 Å². The van der Waals surface area contributed by atoms with Gasteiger partial charge in [-0.25, -0.2) is 0 Å². The zero-order chi connectivity index (χ0) is 13.1. The minimum absolute atomic E-state index is 0.0225. The summed E-state index contributed by atoms with van der Waals surface area (Å²) >= 11 is 0. The largest absolute Gasteiger partial charge is 0.504 e. The molecule has 2 aromatic carbocycles. The fourth-order valence-electron chi connectivity index (χ4n) is 1.81. The molecule has 0 heterocycles. The Kier molecular flexibility index (Phi) is 3.19. The number of carbonyl (C=O) groups is 1. The number of hydrogen-bond acceptors (Lipinski definition) is 3. The molecule has 92 valence electrons. The number of phenolic OH excluding ortho intramolecular Hbond substituents is 1. The lowest BCUT2D eigenvalue weighted by molar-refractivity contribution is 0.100. The molecule has 0 atom stereocenters. The molecule has 0 unspecified atom stereocenters. The van der Waals surface area contributed by atoms with Crippen LogP contribution in [-0.4, -0.2) is 18.1 Å². The number of amides is 1. The second-order valence-electron chi connectivity index (χ2n) is 3.80. The molecule has 4 heteroatoms. The Morgan fingerprint density at radius 3 is 2.56 bits per heavy atom. The predicted octanol–water partition coefficient (Wildman–Crippen LogP) is 2.17. The highest BCUT2D eigenvalue weighted by Gasteiger charge is 2.11.